The molecular formula is C16H26N2O2S. The largest absolute Gasteiger partial charge is 0.382 e. The molecule has 118 valence electrons. The minimum absolute atomic E-state index is 0.185. The highest BCUT2D eigenvalue weighted by molar-refractivity contribution is 7.89. The number of hydrogen-bond donors (Lipinski definition) is 2. The van der Waals surface area contributed by atoms with E-state index in [0.717, 1.165) is 23.2 Å². The number of nitrogens with two attached hydrogens (primary N) is 1. The molecule has 1 aliphatic carbocycles. The second kappa shape index (κ2) is 5.97. The Hall–Kier alpha value is -1.07. The lowest BCUT2D eigenvalue weighted by molar-refractivity contribution is 0.280. The molecule has 1 aromatic carbocycles. The molecule has 21 heavy (non-hydrogen) atoms. The molecule has 1 fully saturated rings. The summed E-state index contributed by atoms with van der Waals surface area (Å²) in [7, 11) is -3.67. The number of anilines is 1. The van der Waals surface area contributed by atoms with Gasteiger partial charge < -0.3 is 5.32 Å². The lowest BCUT2D eigenvalue weighted by Gasteiger charge is -2.34. The predicted molar refractivity (Wildman–Crippen MR) is 86.9 cm³/mol. The molecule has 0 aromatic heterocycles. The SMILES string of the molecule is Cc1cc(S(N)(=O)=O)cc(NC2CC(C)CCC2C)c1C. The summed E-state index contributed by atoms with van der Waals surface area (Å²) in [5.74, 6) is 1.31. The van der Waals surface area contributed by atoms with Gasteiger partial charge in [-0.2, -0.15) is 0 Å². The quantitative estimate of drug-likeness (QED) is 0.900. The predicted octanol–water partition coefficient (Wildman–Crippen LogP) is 3.19. The third kappa shape index (κ3) is 3.77. The summed E-state index contributed by atoms with van der Waals surface area (Å²) >= 11 is 0. The van der Waals surface area contributed by atoms with Crippen molar-refractivity contribution in [1.82, 2.24) is 0 Å². The first kappa shape index (κ1) is 16.3. The number of hydrogen-bond acceptors (Lipinski definition) is 3. The van der Waals surface area contributed by atoms with E-state index in [0.29, 0.717) is 17.9 Å². The number of primary sulfonamides is 1. The van der Waals surface area contributed by atoms with Gasteiger partial charge >= 0.3 is 0 Å². The second-order valence-corrected chi connectivity index (χ2v) is 8.17. The van der Waals surface area contributed by atoms with Gasteiger partial charge in [0.2, 0.25) is 10.0 Å². The molecule has 5 heteroatoms. The summed E-state index contributed by atoms with van der Waals surface area (Å²) < 4.78 is 23.2. The average molecular weight is 310 g/mol. The molecule has 0 amide bonds. The van der Waals surface area contributed by atoms with E-state index in [2.05, 4.69) is 19.2 Å². The first-order chi connectivity index (χ1) is 9.68. The smallest absolute Gasteiger partial charge is 0.238 e. The Morgan fingerprint density at radius 1 is 1.19 bits per heavy atom. The summed E-state index contributed by atoms with van der Waals surface area (Å²) in [4.78, 5) is 0.185. The lowest BCUT2D eigenvalue weighted by Crippen LogP contribution is -2.33. The zero-order valence-electron chi connectivity index (χ0n) is 13.3. The Balaban J connectivity index is 2.33. The van der Waals surface area contributed by atoms with E-state index in [9.17, 15) is 8.42 Å². The Bertz CT molecular complexity index is 625. The molecule has 0 radical (unpaired) electrons. The molecule has 3 N–H and O–H groups in total. The molecule has 0 heterocycles. The van der Waals surface area contributed by atoms with Crippen LogP contribution in [0.15, 0.2) is 17.0 Å². The fraction of sp³-hybridized carbons (Fsp3) is 0.625. The van der Waals surface area contributed by atoms with Crippen LogP contribution in [-0.4, -0.2) is 14.5 Å². The Morgan fingerprint density at radius 2 is 1.86 bits per heavy atom. The van der Waals surface area contributed by atoms with Crippen LogP contribution < -0.4 is 10.5 Å². The van der Waals surface area contributed by atoms with Crippen LogP contribution in [0.25, 0.3) is 0 Å². The van der Waals surface area contributed by atoms with Gasteiger partial charge in [-0.05, 0) is 61.8 Å². The molecular weight excluding hydrogens is 284 g/mol. The van der Waals surface area contributed by atoms with Gasteiger partial charge in [0, 0.05) is 11.7 Å². The molecule has 2 rings (SSSR count). The van der Waals surface area contributed by atoms with Crippen molar-refractivity contribution in [3.63, 3.8) is 0 Å². The van der Waals surface area contributed by atoms with E-state index in [4.69, 9.17) is 5.14 Å². The number of aryl methyl sites for hydroxylation is 1. The van der Waals surface area contributed by atoms with Crippen LogP contribution in [0.1, 0.15) is 44.2 Å². The third-order valence-corrected chi connectivity index (χ3v) is 5.66. The van der Waals surface area contributed by atoms with Crippen molar-refractivity contribution in [2.75, 3.05) is 5.32 Å². The van der Waals surface area contributed by atoms with Crippen molar-refractivity contribution < 1.29 is 8.42 Å². The van der Waals surface area contributed by atoms with E-state index in [-0.39, 0.29) is 4.90 Å². The second-order valence-electron chi connectivity index (χ2n) is 6.60. The number of benzene rings is 1. The van der Waals surface area contributed by atoms with Crippen LogP contribution in [0.4, 0.5) is 5.69 Å². The summed E-state index contributed by atoms with van der Waals surface area (Å²) in [5.41, 5.74) is 2.93. The number of nitrogens with one attached hydrogen (secondary N) is 1. The molecule has 1 saturated carbocycles. The monoisotopic (exact) mass is 310 g/mol. The summed E-state index contributed by atoms with van der Waals surface area (Å²) in [6.45, 7) is 8.47. The molecule has 3 unspecified atom stereocenters. The maximum absolute atomic E-state index is 11.6. The van der Waals surface area contributed by atoms with Crippen LogP contribution in [-0.2, 0) is 10.0 Å². The third-order valence-electron chi connectivity index (χ3n) is 4.77. The number of sulfonamides is 1. The topological polar surface area (TPSA) is 72.2 Å². The van der Waals surface area contributed by atoms with Gasteiger partial charge in [0.1, 0.15) is 0 Å². The van der Waals surface area contributed by atoms with Crippen molar-refractivity contribution in [1.29, 1.82) is 0 Å². The normalized spacial score (nSPS) is 26.6. The molecule has 0 spiro atoms. The van der Waals surface area contributed by atoms with Crippen LogP contribution in [0.2, 0.25) is 0 Å². The fourth-order valence-corrected chi connectivity index (χ4v) is 3.70. The van der Waals surface area contributed by atoms with Crippen LogP contribution in [0.5, 0.6) is 0 Å². The maximum atomic E-state index is 11.6. The van der Waals surface area contributed by atoms with Crippen LogP contribution >= 0.6 is 0 Å². The van der Waals surface area contributed by atoms with Crippen molar-refractivity contribution in [2.45, 2.75) is 57.9 Å². The summed E-state index contributed by atoms with van der Waals surface area (Å²) in [6.07, 6.45) is 3.61. The Kier molecular flexibility index (Phi) is 4.63. The van der Waals surface area contributed by atoms with Crippen LogP contribution in [0.3, 0.4) is 0 Å². The molecule has 0 aliphatic heterocycles. The van der Waals surface area contributed by atoms with Crippen molar-refractivity contribution in [3.05, 3.63) is 23.3 Å². The zero-order chi connectivity index (χ0) is 15.8. The minimum Gasteiger partial charge on any atom is -0.382 e. The highest BCUT2D eigenvalue weighted by Crippen LogP contribution is 2.32. The van der Waals surface area contributed by atoms with Gasteiger partial charge in [0.25, 0.3) is 0 Å². The van der Waals surface area contributed by atoms with Crippen molar-refractivity contribution >= 4 is 15.7 Å². The Labute approximate surface area is 128 Å². The van der Waals surface area contributed by atoms with Crippen molar-refractivity contribution in [3.8, 4) is 0 Å². The van der Waals surface area contributed by atoms with E-state index in [1.165, 1.54) is 12.8 Å². The van der Waals surface area contributed by atoms with E-state index >= 15 is 0 Å². The van der Waals surface area contributed by atoms with Crippen LogP contribution in [0, 0.1) is 25.7 Å². The Morgan fingerprint density at radius 3 is 2.48 bits per heavy atom. The first-order valence-corrected chi connectivity index (χ1v) is 9.13. The van der Waals surface area contributed by atoms with Gasteiger partial charge in [-0.3, -0.25) is 0 Å². The van der Waals surface area contributed by atoms with E-state index in [1.54, 1.807) is 12.1 Å². The molecule has 1 aromatic rings. The highest BCUT2D eigenvalue weighted by Gasteiger charge is 2.26. The molecule has 0 bridgehead atoms. The van der Waals surface area contributed by atoms with Crippen molar-refractivity contribution in [2.24, 2.45) is 17.0 Å². The average Bonchev–Trinajstić information content (AvgIpc) is 2.37. The van der Waals surface area contributed by atoms with Gasteiger partial charge in [0.15, 0.2) is 0 Å². The lowest BCUT2D eigenvalue weighted by atomic mass is 9.80. The summed E-state index contributed by atoms with van der Waals surface area (Å²) in [6, 6.07) is 3.70. The number of rotatable bonds is 3. The van der Waals surface area contributed by atoms with Gasteiger partial charge in [-0.1, -0.05) is 20.3 Å². The standard InChI is InChI=1S/C16H26N2O2S/c1-10-5-6-11(2)15(7-10)18-16-9-14(21(17,19)20)8-12(3)13(16)4/h8-11,15,18H,5-7H2,1-4H3,(H2,17,19,20). The maximum Gasteiger partial charge on any atom is 0.238 e. The minimum atomic E-state index is -3.67. The van der Waals surface area contributed by atoms with E-state index < -0.39 is 10.0 Å². The fourth-order valence-electron chi connectivity index (χ4n) is 3.07. The zero-order valence-corrected chi connectivity index (χ0v) is 14.1. The molecule has 1 aliphatic rings. The highest BCUT2D eigenvalue weighted by atomic mass is 32.2. The van der Waals surface area contributed by atoms with E-state index in [1.807, 2.05) is 13.8 Å². The molecule has 0 saturated heterocycles. The molecule has 3 atom stereocenters. The first-order valence-electron chi connectivity index (χ1n) is 7.59. The van der Waals surface area contributed by atoms with Gasteiger partial charge in [-0.25, -0.2) is 13.6 Å². The van der Waals surface area contributed by atoms with Gasteiger partial charge in [-0.15, -0.1) is 0 Å². The molecule has 4 nitrogen and oxygen atoms in total. The summed E-state index contributed by atoms with van der Waals surface area (Å²) in [5, 5.41) is 8.83. The van der Waals surface area contributed by atoms with Gasteiger partial charge in [0.05, 0.1) is 4.90 Å².